The van der Waals surface area contributed by atoms with Crippen LogP contribution in [-0.4, -0.2) is 9.54 Å². The fourth-order valence-electron chi connectivity index (χ4n) is 1.46. The zero-order chi connectivity index (χ0) is 11.5. The number of hydrogen-bond acceptors (Lipinski definition) is 5. The van der Waals surface area contributed by atoms with Gasteiger partial charge < -0.3 is 4.56 Å². The molecule has 1 heterocycles. The van der Waals surface area contributed by atoms with Gasteiger partial charge in [-0.1, -0.05) is 13.8 Å². The molecule has 0 unspecified atom stereocenters. The fourth-order valence-corrected chi connectivity index (χ4v) is 3.52. The molecule has 1 N–H and O–H groups in total. The van der Waals surface area contributed by atoms with E-state index in [1.165, 1.54) is 21.1 Å². The third-order valence-electron chi connectivity index (χ3n) is 2.21. The number of rotatable bonds is 4. The highest BCUT2D eigenvalue weighted by atomic mass is 33.1. The van der Waals surface area contributed by atoms with Gasteiger partial charge in [-0.15, -0.1) is 11.3 Å². The molecule has 0 saturated heterocycles. The lowest BCUT2D eigenvalue weighted by molar-refractivity contribution is 0.676. The minimum absolute atomic E-state index is 0.444. The first-order valence-electron chi connectivity index (χ1n) is 4.97. The van der Waals surface area contributed by atoms with Gasteiger partial charge in [0, 0.05) is 4.90 Å². The molecule has 80 valence electrons. The van der Waals surface area contributed by atoms with Gasteiger partial charge in [0.2, 0.25) is 1.43 Å². The lowest BCUT2D eigenvalue weighted by atomic mass is 10.0. The number of nitrogens with zero attached hydrogens (tertiary/aromatic N) is 1. The Bertz CT molecular complexity index is 486. The molecule has 1 aromatic carbocycles. The highest BCUT2D eigenvalue weighted by Crippen LogP contribution is 2.37. The molecular weight excluding hydrogens is 246 g/mol. The lowest BCUT2D eigenvalue weighted by Gasteiger charge is -2.10. The molecule has 0 fully saturated rings. The molecule has 0 aliphatic carbocycles. The second-order valence-electron chi connectivity index (χ2n) is 3.52. The molecule has 15 heavy (non-hydrogen) atoms. The second kappa shape index (κ2) is 4.74. The van der Waals surface area contributed by atoms with E-state index in [0.29, 0.717) is 5.92 Å². The van der Waals surface area contributed by atoms with Crippen molar-refractivity contribution in [2.45, 2.75) is 24.7 Å². The highest BCUT2D eigenvalue weighted by Gasteiger charge is 2.10. The first-order valence-corrected chi connectivity index (χ1v) is 7.51. The Morgan fingerprint density at radius 1 is 1.53 bits per heavy atom. The van der Waals surface area contributed by atoms with Gasteiger partial charge in [0.25, 0.3) is 0 Å². The predicted octanol–water partition coefficient (Wildman–Crippen LogP) is 4.63. The maximum atomic E-state index is 6.70. The van der Waals surface area contributed by atoms with Crippen LogP contribution in [0.4, 0.5) is 0 Å². The molecule has 0 aliphatic heterocycles. The molecule has 0 radical (unpaired) electrons. The average molecular weight is 259 g/mol. The van der Waals surface area contributed by atoms with Crippen LogP contribution in [0.1, 0.15) is 25.3 Å². The summed E-state index contributed by atoms with van der Waals surface area (Å²) in [6.07, 6.45) is 0. The monoisotopic (exact) mass is 259 g/mol. The smallest absolute Gasteiger partial charge is 0.229 e. The molecular formula is C10H11NOS3. The Balaban J connectivity index is 2.45. The summed E-state index contributed by atoms with van der Waals surface area (Å²) in [7, 11) is 1.48. The first-order chi connectivity index (χ1) is 7.72. The maximum Gasteiger partial charge on any atom is 0.229 e. The van der Waals surface area contributed by atoms with Crippen LogP contribution in [0.5, 0.6) is 0 Å². The van der Waals surface area contributed by atoms with Gasteiger partial charge in [0.05, 0.1) is 26.8 Å². The topological polar surface area (TPSA) is 33.1 Å². The average Bonchev–Trinajstić information content (AvgIpc) is 2.71. The molecule has 0 amide bonds. The second-order valence-corrected chi connectivity index (χ2v) is 6.05. The zero-order valence-electron chi connectivity index (χ0n) is 9.39. The Morgan fingerprint density at radius 3 is 3.13 bits per heavy atom. The van der Waals surface area contributed by atoms with Crippen molar-refractivity contribution < 1.29 is 4.56 Å². The minimum atomic E-state index is 0.444. The minimum Gasteiger partial charge on any atom is -0.320 e. The van der Waals surface area contributed by atoms with E-state index in [4.69, 9.17) is 1.43 Å². The number of thiazole rings is 1. The van der Waals surface area contributed by atoms with Gasteiger partial charge in [-0.25, -0.2) is 4.98 Å². The van der Waals surface area contributed by atoms with Crippen molar-refractivity contribution in [3.8, 4) is 0 Å². The Morgan fingerprint density at radius 2 is 2.40 bits per heavy atom. The molecule has 0 aliphatic rings. The van der Waals surface area contributed by atoms with Crippen molar-refractivity contribution in [2.24, 2.45) is 0 Å². The van der Waals surface area contributed by atoms with Crippen LogP contribution < -0.4 is 0 Å². The zero-order valence-corrected chi connectivity index (χ0v) is 10.8. The van der Waals surface area contributed by atoms with Crippen molar-refractivity contribution in [3.63, 3.8) is 0 Å². The van der Waals surface area contributed by atoms with E-state index >= 15 is 0 Å². The summed E-state index contributed by atoms with van der Waals surface area (Å²) in [5.74, 6) is 0.444. The Hall–Kier alpha value is -0.230. The maximum absolute atomic E-state index is 6.70. The number of benzene rings is 1. The van der Waals surface area contributed by atoms with Crippen LogP contribution in [0.3, 0.4) is 0 Å². The molecule has 2 aromatic rings. The van der Waals surface area contributed by atoms with Gasteiger partial charge >= 0.3 is 0 Å². The van der Waals surface area contributed by atoms with Crippen LogP contribution >= 0.6 is 33.2 Å². The summed E-state index contributed by atoms with van der Waals surface area (Å²) >= 11 is 2.71. The van der Waals surface area contributed by atoms with Crippen LogP contribution in [0.15, 0.2) is 22.5 Å². The van der Waals surface area contributed by atoms with Crippen molar-refractivity contribution in [1.29, 1.82) is 1.43 Å². The molecule has 2 rings (SSSR count). The van der Waals surface area contributed by atoms with Crippen molar-refractivity contribution >= 4 is 43.4 Å². The standard InChI is InChI=1S/C10H11NOS3/c1-6(2)7-3-8-10(13-5-11-8)4-9(7)14-15-12/h3-6,12H,1-2H3/i/hT. The number of fused-ring (bicyclic) bond motifs is 1. The van der Waals surface area contributed by atoms with E-state index in [9.17, 15) is 0 Å². The number of hydrogen-bond donors (Lipinski definition) is 1. The van der Waals surface area contributed by atoms with E-state index in [0.717, 1.165) is 21.5 Å². The number of aromatic nitrogens is 1. The summed E-state index contributed by atoms with van der Waals surface area (Å²) in [5, 5.41) is 0. The Labute approximate surface area is 102 Å². The van der Waals surface area contributed by atoms with Crippen molar-refractivity contribution in [1.82, 2.24) is 4.98 Å². The van der Waals surface area contributed by atoms with Crippen LogP contribution in [0.25, 0.3) is 11.6 Å². The van der Waals surface area contributed by atoms with Crippen molar-refractivity contribution in [3.05, 3.63) is 23.2 Å². The first kappa shape index (κ1) is 9.96. The molecule has 2 nitrogen and oxygen atoms in total. The van der Waals surface area contributed by atoms with Gasteiger partial charge in [0.15, 0.2) is 0 Å². The molecule has 5 heteroatoms. The Kier molecular flexibility index (Phi) is 3.15. The van der Waals surface area contributed by atoms with Crippen LogP contribution in [0.2, 0.25) is 0 Å². The summed E-state index contributed by atoms with van der Waals surface area (Å²) in [6.45, 7) is 4.31. The molecule has 0 atom stereocenters. The lowest BCUT2D eigenvalue weighted by Crippen LogP contribution is -1.90. The molecule has 0 saturated carbocycles. The van der Waals surface area contributed by atoms with E-state index in [2.05, 4.69) is 35.5 Å². The largest absolute Gasteiger partial charge is 0.320 e. The van der Waals surface area contributed by atoms with Crippen LogP contribution in [0, 0.1) is 0 Å². The van der Waals surface area contributed by atoms with Gasteiger partial charge in [-0.05, 0) is 34.4 Å². The third kappa shape index (κ3) is 2.30. The van der Waals surface area contributed by atoms with E-state index in [-0.39, 0.29) is 0 Å². The SMILES string of the molecule is [3H]OSSc1cc2scnc2cc1C(C)C. The third-order valence-corrected chi connectivity index (χ3v) is 4.34. The molecule has 0 spiro atoms. The quantitative estimate of drug-likeness (QED) is 0.641. The normalized spacial score (nSPS) is 12.3. The van der Waals surface area contributed by atoms with E-state index in [1.807, 2.05) is 5.51 Å². The van der Waals surface area contributed by atoms with Gasteiger partial charge in [-0.2, -0.15) is 0 Å². The van der Waals surface area contributed by atoms with Crippen LogP contribution in [-0.2, 0) is 0 Å². The van der Waals surface area contributed by atoms with Crippen molar-refractivity contribution in [2.75, 3.05) is 0 Å². The summed E-state index contributed by atoms with van der Waals surface area (Å²) in [4.78, 5) is 5.47. The summed E-state index contributed by atoms with van der Waals surface area (Å²) < 4.78 is 12.2. The summed E-state index contributed by atoms with van der Waals surface area (Å²) in [5.41, 5.74) is 4.17. The predicted molar refractivity (Wildman–Crippen MR) is 69.8 cm³/mol. The fraction of sp³-hybridized carbons (Fsp3) is 0.300. The summed E-state index contributed by atoms with van der Waals surface area (Å²) in [6, 6.07) is 4.25. The molecule has 1 aromatic heterocycles. The van der Waals surface area contributed by atoms with Gasteiger partial charge in [0.1, 0.15) is 0 Å². The van der Waals surface area contributed by atoms with Gasteiger partial charge in [-0.3, -0.25) is 0 Å². The highest BCUT2D eigenvalue weighted by molar-refractivity contribution is 8.74. The van der Waals surface area contributed by atoms with E-state index in [1.54, 1.807) is 11.3 Å². The molecule has 0 bridgehead atoms. The van der Waals surface area contributed by atoms with E-state index < -0.39 is 0 Å².